The topological polar surface area (TPSA) is 12.0 Å². The quantitative estimate of drug-likeness (QED) is 0.734. The molecule has 1 unspecified atom stereocenters. The van der Waals surface area contributed by atoms with Gasteiger partial charge in [0.15, 0.2) is 0 Å². The summed E-state index contributed by atoms with van der Waals surface area (Å²) in [6, 6.07) is 15.6. The Balaban J connectivity index is 1.88. The monoisotopic (exact) mass is 251 g/mol. The minimum absolute atomic E-state index is 0.333. The van der Waals surface area contributed by atoms with Gasteiger partial charge in [0.2, 0.25) is 0 Å². The van der Waals surface area contributed by atoms with Crippen LogP contribution in [-0.4, -0.2) is 0 Å². The minimum Gasteiger partial charge on any atom is -0.374 e. The molecule has 0 fully saturated rings. The number of hydrogen-bond donors (Lipinski definition) is 1. The third-order valence-corrected chi connectivity index (χ3v) is 4.62. The molecular weight excluding hydrogens is 238 g/mol. The van der Waals surface area contributed by atoms with Crippen LogP contribution in [0.2, 0.25) is 0 Å². The molecule has 0 aliphatic carbocycles. The van der Waals surface area contributed by atoms with Crippen molar-refractivity contribution in [2.75, 3.05) is 5.32 Å². The van der Waals surface area contributed by atoms with E-state index in [1.165, 1.54) is 32.8 Å². The molecule has 0 bridgehead atoms. The van der Waals surface area contributed by atoms with Crippen LogP contribution in [0.4, 0.5) is 5.69 Å². The summed E-state index contributed by atoms with van der Waals surface area (Å²) in [6.45, 7) is 2.15. The van der Waals surface area contributed by atoms with Gasteiger partial charge < -0.3 is 5.32 Å². The van der Waals surface area contributed by atoms with E-state index in [0.29, 0.717) is 6.04 Å². The molecule has 0 aromatic heterocycles. The largest absolute Gasteiger partial charge is 0.374 e. The van der Waals surface area contributed by atoms with Crippen LogP contribution < -0.4 is 5.32 Å². The van der Waals surface area contributed by atoms with Crippen LogP contribution in [0.15, 0.2) is 52.8 Å². The van der Waals surface area contributed by atoms with Crippen molar-refractivity contribution in [3.63, 3.8) is 0 Å². The van der Waals surface area contributed by atoms with Crippen molar-refractivity contribution in [2.24, 2.45) is 0 Å². The second kappa shape index (κ2) is 3.66. The van der Waals surface area contributed by atoms with Crippen molar-refractivity contribution in [3.05, 3.63) is 64.6 Å². The summed E-state index contributed by atoms with van der Waals surface area (Å²) in [4.78, 5) is 1.38. The Bertz CT molecular complexity index is 673. The van der Waals surface area contributed by atoms with E-state index in [1.807, 2.05) is 11.8 Å². The average Bonchev–Trinajstić information content (AvgIpc) is 2.77. The van der Waals surface area contributed by atoms with Crippen molar-refractivity contribution in [1.82, 2.24) is 0 Å². The highest BCUT2D eigenvalue weighted by atomic mass is 32.2. The van der Waals surface area contributed by atoms with Gasteiger partial charge >= 0.3 is 0 Å². The standard InChI is InChI=1S/C16H13NS/c1-10-6-7-12-15(8-10)18-9-13-11-4-2-3-5-14(11)17-16(12)13/h2-9,16-17H,1H3. The second-order valence-electron chi connectivity index (χ2n) is 4.86. The van der Waals surface area contributed by atoms with E-state index >= 15 is 0 Å². The number of para-hydroxylation sites is 1. The maximum atomic E-state index is 3.63. The summed E-state index contributed by atoms with van der Waals surface area (Å²) in [5.74, 6) is 0. The van der Waals surface area contributed by atoms with E-state index in [4.69, 9.17) is 0 Å². The van der Waals surface area contributed by atoms with Crippen LogP contribution in [0, 0.1) is 6.92 Å². The number of nitrogens with one attached hydrogen (secondary N) is 1. The zero-order valence-corrected chi connectivity index (χ0v) is 10.9. The third kappa shape index (κ3) is 1.36. The van der Waals surface area contributed by atoms with Gasteiger partial charge in [-0.2, -0.15) is 0 Å². The fourth-order valence-electron chi connectivity index (χ4n) is 2.74. The maximum Gasteiger partial charge on any atom is 0.0790 e. The van der Waals surface area contributed by atoms with Crippen LogP contribution >= 0.6 is 11.8 Å². The van der Waals surface area contributed by atoms with Crippen molar-refractivity contribution in [2.45, 2.75) is 17.9 Å². The van der Waals surface area contributed by atoms with E-state index in [0.717, 1.165) is 0 Å². The van der Waals surface area contributed by atoms with Gasteiger partial charge in [-0.15, -0.1) is 0 Å². The molecule has 0 saturated heterocycles. The highest BCUT2D eigenvalue weighted by Gasteiger charge is 2.31. The summed E-state index contributed by atoms with van der Waals surface area (Å²) in [6.07, 6.45) is 0. The van der Waals surface area contributed by atoms with Gasteiger partial charge in [0.25, 0.3) is 0 Å². The summed E-state index contributed by atoms with van der Waals surface area (Å²) >= 11 is 1.84. The highest BCUT2D eigenvalue weighted by Crippen LogP contribution is 2.50. The molecule has 0 saturated carbocycles. The Labute approximate surface area is 111 Å². The molecule has 2 aromatic carbocycles. The molecule has 4 rings (SSSR count). The number of hydrogen-bond acceptors (Lipinski definition) is 2. The number of fused-ring (bicyclic) bond motifs is 5. The van der Waals surface area contributed by atoms with Gasteiger partial charge in [0.1, 0.15) is 0 Å². The molecule has 1 nitrogen and oxygen atoms in total. The molecule has 2 aliphatic heterocycles. The van der Waals surface area contributed by atoms with Crippen LogP contribution in [0.5, 0.6) is 0 Å². The SMILES string of the molecule is Cc1ccc2c(c1)SC=C1c3ccccc3NC12. The number of benzene rings is 2. The predicted octanol–water partition coefficient (Wildman–Crippen LogP) is 4.61. The highest BCUT2D eigenvalue weighted by molar-refractivity contribution is 8.02. The fraction of sp³-hybridized carbons (Fsp3) is 0.125. The Hall–Kier alpha value is -1.67. The molecule has 2 aromatic rings. The molecule has 0 radical (unpaired) electrons. The molecule has 0 spiro atoms. The first-order chi connectivity index (χ1) is 8.83. The summed E-state index contributed by atoms with van der Waals surface area (Å²) in [7, 11) is 0. The molecule has 18 heavy (non-hydrogen) atoms. The van der Waals surface area contributed by atoms with E-state index in [1.54, 1.807) is 0 Å². The number of aryl methyl sites for hydroxylation is 1. The van der Waals surface area contributed by atoms with Crippen LogP contribution in [-0.2, 0) is 0 Å². The van der Waals surface area contributed by atoms with Crippen LogP contribution in [0.3, 0.4) is 0 Å². The van der Waals surface area contributed by atoms with E-state index in [9.17, 15) is 0 Å². The summed E-state index contributed by atoms with van der Waals surface area (Å²) in [5, 5.41) is 5.93. The van der Waals surface area contributed by atoms with Crippen molar-refractivity contribution < 1.29 is 0 Å². The Morgan fingerprint density at radius 1 is 1.11 bits per heavy atom. The molecule has 2 heteroatoms. The van der Waals surface area contributed by atoms with Crippen LogP contribution in [0.1, 0.15) is 22.7 Å². The van der Waals surface area contributed by atoms with E-state index in [-0.39, 0.29) is 0 Å². The Morgan fingerprint density at radius 2 is 2.00 bits per heavy atom. The van der Waals surface area contributed by atoms with E-state index < -0.39 is 0 Å². The molecule has 0 amide bonds. The second-order valence-corrected chi connectivity index (χ2v) is 5.77. The Morgan fingerprint density at radius 3 is 2.94 bits per heavy atom. The summed E-state index contributed by atoms with van der Waals surface area (Å²) < 4.78 is 0. The zero-order valence-electron chi connectivity index (χ0n) is 10.1. The average molecular weight is 251 g/mol. The van der Waals surface area contributed by atoms with Gasteiger partial charge in [0.05, 0.1) is 6.04 Å². The van der Waals surface area contributed by atoms with Crippen molar-refractivity contribution in [3.8, 4) is 0 Å². The lowest BCUT2D eigenvalue weighted by Crippen LogP contribution is -2.08. The number of rotatable bonds is 0. The smallest absolute Gasteiger partial charge is 0.0790 e. The third-order valence-electron chi connectivity index (χ3n) is 3.64. The van der Waals surface area contributed by atoms with Crippen molar-refractivity contribution in [1.29, 1.82) is 0 Å². The van der Waals surface area contributed by atoms with Gasteiger partial charge in [-0.05, 0) is 41.2 Å². The first-order valence-corrected chi connectivity index (χ1v) is 7.04. The predicted molar refractivity (Wildman–Crippen MR) is 77.8 cm³/mol. The molecule has 1 N–H and O–H groups in total. The molecular formula is C16H13NS. The zero-order chi connectivity index (χ0) is 12.1. The van der Waals surface area contributed by atoms with Gasteiger partial charge in [-0.3, -0.25) is 0 Å². The fourth-order valence-corrected chi connectivity index (χ4v) is 3.83. The van der Waals surface area contributed by atoms with Crippen molar-refractivity contribution >= 4 is 23.0 Å². The van der Waals surface area contributed by atoms with Gasteiger partial charge in [-0.1, -0.05) is 42.1 Å². The first-order valence-electron chi connectivity index (χ1n) is 6.16. The molecule has 2 aliphatic rings. The molecule has 88 valence electrons. The lowest BCUT2D eigenvalue weighted by atomic mass is 9.97. The van der Waals surface area contributed by atoms with Gasteiger partial charge in [-0.25, -0.2) is 0 Å². The van der Waals surface area contributed by atoms with E-state index in [2.05, 4.69) is 60.1 Å². The van der Waals surface area contributed by atoms with Gasteiger partial charge in [0, 0.05) is 16.1 Å². The number of anilines is 1. The molecule has 2 heterocycles. The lowest BCUT2D eigenvalue weighted by molar-refractivity contribution is 0.993. The lowest BCUT2D eigenvalue weighted by Gasteiger charge is -2.22. The van der Waals surface area contributed by atoms with Crippen LogP contribution in [0.25, 0.3) is 5.57 Å². The summed E-state index contributed by atoms with van der Waals surface area (Å²) in [5.41, 5.74) is 6.74. The molecule has 1 atom stereocenters. The first kappa shape index (κ1) is 10.3. The normalized spacial score (nSPS) is 19.4. The maximum absolute atomic E-state index is 3.63. The number of thioether (sulfide) groups is 1. The minimum atomic E-state index is 0.333. The Kier molecular flexibility index (Phi) is 2.09.